The number of anilines is 1. The predicted octanol–water partition coefficient (Wildman–Crippen LogP) is 3.71. The molecule has 0 amide bonds. The minimum Gasteiger partial charge on any atom is -0.418 e. The van der Waals surface area contributed by atoms with Crippen molar-refractivity contribution in [3.63, 3.8) is 0 Å². The highest BCUT2D eigenvalue weighted by Crippen LogP contribution is 2.34. The Hall–Kier alpha value is -2.45. The number of allylic oxidation sites excluding steroid dienone is 2. The van der Waals surface area contributed by atoms with Crippen molar-refractivity contribution < 1.29 is 23.6 Å². The molecule has 0 saturated heterocycles. The molecule has 1 unspecified atom stereocenters. The molecule has 10 nitrogen and oxygen atoms in total. The van der Waals surface area contributed by atoms with Crippen molar-refractivity contribution in [1.82, 2.24) is 19.9 Å². The smallest absolute Gasteiger partial charge is 0.314 e. The Kier molecular flexibility index (Phi) is 8.07. The van der Waals surface area contributed by atoms with E-state index in [0.29, 0.717) is 23.4 Å². The quantitative estimate of drug-likeness (QED) is 0.196. The van der Waals surface area contributed by atoms with Gasteiger partial charge in [0.05, 0.1) is 10.8 Å². The zero-order chi connectivity index (χ0) is 24.3. The number of hydrogen-bond acceptors (Lipinski definition) is 9. The lowest BCUT2D eigenvalue weighted by Crippen LogP contribution is -2.33. The Bertz CT molecular complexity index is 1030. The number of nitrogen functional groups attached to an aromatic ring is 1. The maximum Gasteiger partial charge on any atom is 0.314 e. The summed E-state index contributed by atoms with van der Waals surface area (Å²) in [7, 11) is -2.64. The van der Waals surface area contributed by atoms with Gasteiger partial charge in [0.25, 0.3) is 6.03 Å². The molecule has 0 aliphatic rings. The third-order valence-corrected chi connectivity index (χ3v) is 5.76. The molecule has 0 bridgehead atoms. The topological polar surface area (TPSA) is 150 Å². The summed E-state index contributed by atoms with van der Waals surface area (Å²) in [5.74, 6) is -0.625. The lowest BCUT2D eigenvalue weighted by atomic mass is 9.97. The number of carbonyl (C=O) groups is 2. The number of nitrogens with zero attached hydrogens (tertiary/aromatic N) is 3. The molecule has 0 aliphatic carbocycles. The van der Waals surface area contributed by atoms with Crippen LogP contribution in [0.2, 0.25) is 5.15 Å². The number of nitrogens with one attached hydrogen (secondary N) is 1. The monoisotopic (exact) mass is 485 g/mol. The highest BCUT2D eigenvalue weighted by Gasteiger charge is 2.34. The summed E-state index contributed by atoms with van der Waals surface area (Å²) in [6, 6.07) is -1.44. The first-order valence-corrected chi connectivity index (χ1v) is 12.0. The van der Waals surface area contributed by atoms with Crippen molar-refractivity contribution in [2.45, 2.75) is 54.0 Å². The number of fused-ring (bicyclic) bond motifs is 1. The van der Waals surface area contributed by atoms with Crippen LogP contribution in [0.5, 0.6) is 0 Å². The molecule has 0 spiro atoms. The van der Waals surface area contributed by atoms with Gasteiger partial charge in [-0.05, 0) is 41.5 Å². The van der Waals surface area contributed by atoms with Gasteiger partial charge in [0.2, 0.25) is 5.95 Å². The fourth-order valence-electron chi connectivity index (χ4n) is 2.22. The van der Waals surface area contributed by atoms with E-state index < -0.39 is 36.6 Å². The molecule has 3 N–H and O–H groups in total. The molecule has 2 aromatic heterocycles. The number of hydrogen-bond donors (Lipinski definition) is 2. The van der Waals surface area contributed by atoms with Gasteiger partial charge in [-0.2, -0.15) is 9.97 Å². The molecule has 0 radical (unpaired) electrons. The molecule has 32 heavy (non-hydrogen) atoms. The summed E-state index contributed by atoms with van der Waals surface area (Å²) in [6.07, 6.45) is 3.83. The Morgan fingerprint density at radius 1 is 1.06 bits per heavy atom. The van der Waals surface area contributed by atoms with E-state index in [0.717, 1.165) is 0 Å². The number of imidazole rings is 1. The number of carbonyl (C=O) groups excluding carboxylic acids is 2. The summed E-state index contributed by atoms with van der Waals surface area (Å²) in [5.41, 5.74) is 4.72. The molecule has 0 aliphatic heterocycles. The van der Waals surface area contributed by atoms with Crippen molar-refractivity contribution in [2.24, 2.45) is 10.8 Å². The van der Waals surface area contributed by atoms with Crippen LogP contribution >= 0.6 is 19.4 Å². The van der Waals surface area contributed by atoms with E-state index in [9.17, 15) is 14.2 Å². The van der Waals surface area contributed by atoms with E-state index in [-0.39, 0.29) is 17.3 Å². The molecule has 0 fully saturated rings. The van der Waals surface area contributed by atoms with Crippen LogP contribution in [0.4, 0.5) is 5.95 Å². The molecule has 2 rings (SSSR count). The largest absolute Gasteiger partial charge is 0.418 e. The number of H-pyrrole nitrogens is 1. The zero-order valence-corrected chi connectivity index (χ0v) is 20.7. The molecule has 12 heteroatoms. The molecule has 176 valence electrons. The van der Waals surface area contributed by atoms with Crippen molar-refractivity contribution in [3.05, 3.63) is 23.1 Å². The van der Waals surface area contributed by atoms with E-state index in [2.05, 4.69) is 19.9 Å². The second kappa shape index (κ2) is 10.0. The minimum atomic E-state index is -2.64. The van der Waals surface area contributed by atoms with Crippen molar-refractivity contribution in [3.8, 4) is 0 Å². The Morgan fingerprint density at radius 2 is 1.62 bits per heavy atom. The van der Waals surface area contributed by atoms with E-state index in [1.807, 2.05) is 0 Å². The van der Waals surface area contributed by atoms with Gasteiger partial charge in [0.1, 0.15) is 11.3 Å². The Labute approximate surface area is 192 Å². The summed E-state index contributed by atoms with van der Waals surface area (Å²) in [6.45, 7) is 9.96. The fourth-order valence-corrected chi connectivity index (χ4v) is 3.50. The highest BCUT2D eigenvalue weighted by molar-refractivity contribution is 7.45. The highest BCUT2D eigenvalue weighted by atomic mass is 35.5. The first-order chi connectivity index (χ1) is 14.7. The average molecular weight is 486 g/mol. The third-order valence-electron chi connectivity index (χ3n) is 4.09. The lowest BCUT2D eigenvalue weighted by molar-refractivity contribution is -0.184. The van der Waals surface area contributed by atoms with Crippen LogP contribution in [0.1, 0.15) is 47.4 Å². The molecule has 1 atom stereocenters. The molecule has 0 aromatic carbocycles. The van der Waals surface area contributed by atoms with Crippen LogP contribution in [-0.2, 0) is 30.0 Å². The number of aromatic nitrogens is 4. The Balaban J connectivity index is 2.06. The number of nitrogens with two attached hydrogens (primary N) is 1. The van der Waals surface area contributed by atoms with E-state index in [1.165, 1.54) is 0 Å². The normalized spacial score (nSPS) is 13.6. The van der Waals surface area contributed by atoms with Gasteiger partial charge in [-0.15, -0.1) is 0 Å². The van der Waals surface area contributed by atoms with Crippen LogP contribution in [0.3, 0.4) is 0 Å². The summed E-state index contributed by atoms with van der Waals surface area (Å²) in [5, 5.41) is 0.171. The van der Waals surface area contributed by atoms with Crippen LogP contribution in [-0.4, -0.2) is 44.1 Å². The van der Waals surface area contributed by atoms with Gasteiger partial charge in [-0.3, -0.25) is 9.59 Å². The van der Waals surface area contributed by atoms with Gasteiger partial charge in [0.15, 0.2) is 18.6 Å². The second-order valence-electron chi connectivity index (χ2n) is 9.24. The molecule has 0 saturated carbocycles. The van der Waals surface area contributed by atoms with E-state index in [1.54, 1.807) is 53.7 Å². The van der Waals surface area contributed by atoms with Crippen molar-refractivity contribution in [1.29, 1.82) is 0 Å². The average Bonchev–Trinajstić information content (AvgIpc) is 3.05. The van der Waals surface area contributed by atoms with Gasteiger partial charge in [0, 0.05) is 12.6 Å². The molecule has 2 aromatic rings. The lowest BCUT2D eigenvalue weighted by Gasteiger charge is -2.25. The van der Waals surface area contributed by atoms with Crippen LogP contribution in [0.25, 0.3) is 11.2 Å². The van der Waals surface area contributed by atoms with Crippen LogP contribution < -0.4 is 5.73 Å². The van der Waals surface area contributed by atoms with Crippen molar-refractivity contribution in [2.75, 3.05) is 11.9 Å². The van der Waals surface area contributed by atoms with Gasteiger partial charge in [-0.25, -0.2) is 4.98 Å². The molecular weight excluding hydrogens is 457 g/mol. The minimum absolute atomic E-state index is 0.0235. The predicted molar refractivity (Wildman–Crippen MR) is 123 cm³/mol. The first-order valence-electron chi connectivity index (χ1n) is 9.96. The van der Waals surface area contributed by atoms with Crippen LogP contribution in [0, 0.1) is 10.8 Å². The first kappa shape index (κ1) is 25.8. The SMILES string of the molecule is CC(C)(C)C(=O)OC(OC(=O)C(C)(C)C)[PH](=O)C/C=C/Cc1nc2nc(N)nc(Cl)c2[nH]1. The number of ether oxygens (including phenoxy) is 2. The Morgan fingerprint density at radius 3 is 2.16 bits per heavy atom. The van der Waals surface area contributed by atoms with E-state index in [4.69, 9.17) is 26.8 Å². The standard InChI is InChI=1S/C20H29ClN5O5P/c1-19(2,3)15(27)30-18(31-16(28)20(4,5)6)32(29)10-8-7-9-11-23-12-13(21)25-17(22)26-14(12)24-11/h7-8,18,32H,9-10H2,1-6H3,(H3,22,23,24,25,26)/b8-7+. The van der Waals surface area contributed by atoms with Crippen molar-refractivity contribution >= 4 is 48.5 Å². The second-order valence-corrected chi connectivity index (χ2v) is 11.4. The summed E-state index contributed by atoms with van der Waals surface area (Å²) in [4.78, 5) is 39.7. The number of rotatable bonds is 7. The van der Waals surface area contributed by atoms with E-state index >= 15 is 0 Å². The van der Waals surface area contributed by atoms with Gasteiger partial charge < -0.3 is 24.8 Å². The maximum atomic E-state index is 12.8. The van der Waals surface area contributed by atoms with Crippen LogP contribution in [0.15, 0.2) is 12.2 Å². The summed E-state index contributed by atoms with van der Waals surface area (Å²) < 4.78 is 23.4. The zero-order valence-electron chi connectivity index (χ0n) is 19.0. The molecule has 2 heterocycles. The summed E-state index contributed by atoms with van der Waals surface area (Å²) >= 11 is 6.02. The number of aromatic amines is 1. The fraction of sp³-hybridized carbons (Fsp3) is 0.550. The molecular formula is C20H29ClN5O5P. The van der Waals surface area contributed by atoms with Gasteiger partial charge in [-0.1, -0.05) is 23.8 Å². The van der Waals surface area contributed by atoms with Gasteiger partial charge >= 0.3 is 11.9 Å². The maximum absolute atomic E-state index is 12.8. The number of esters is 2. The third kappa shape index (κ3) is 7.03. The number of halogens is 1.